The molecule has 162 valence electrons. The summed E-state index contributed by atoms with van der Waals surface area (Å²) in [6.45, 7) is 3.95. The van der Waals surface area contributed by atoms with Crippen LogP contribution in [0, 0.1) is 18.3 Å². The number of pyridine rings is 1. The maximum absolute atomic E-state index is 13.5. The van der Waals surface area contributed by atoms with Gasteiger partial charge in [-0.2, -0.15) is 5.26 Å². The molecule has 4 aromatic rings. The molecule has 0 fully saturated rings. The molecule has 0 spiro atoms. The maximum Gasteiger partial charge on any atom is 0.341 e. The summed E-state index contributed by atoms with van der Waals surface area (Å²) < 4.78 is 8.21. The molecule has 8 heteroatoms. The third-order valence-corrected chi connectivity index (χ3v) is 7.64. The number of carbonyl (C=O) groups excluding carboxylic acids is 2. The van der Waals surface area contributed by atoms with E-state index >= 15 is 0 Å². The number of ketones is 1. The average Bonchev–Trinajstić information content (AvgIpc) is 3.29. The normalized spacial score (nSPS) is 11.1. The fourth-order valence-electron chi connectivity index (χ4n) is 3.56. The van der Waals surface area contributed by atoms with Crippen molar-refractivity contribution >= 4 is 62.9 Å². The first-order chi connectivity index (χ1) is 15.5. The predicted octanol–water partition coefficient (Wildman–Crippen LogP) is 6.53. The van der Waals surface area contributed by atoms with Crippen LogP contribution in [-0.4, -0.2) is 28.5 Å². The van der Waals surface area contributed by atoms with Gasteiger partial charge in [0, 0.05) is 34.3 Å². The van der Waals surface area contributed by atoms with E-state index in [1.54, 1.807) is 31.2 Å². The number of nitriles is 1. The molecular weight excluding hydrogens is 464 g/mol. The van der Waals surface area contributed by atoms with E-state index in [4.69, 9.17) is 21.6 Å². The summed E-state index contributed by atoms with van der Waals surface area (Å²) in [6, 6.07) is 12.8. The Morgan fingerprint density at radius 2 is 2.00 bits per heavy atom. The molecule has 0 radical (unpaired) electrons. The maximum atomic E-state index is 13.5. The molecule has 0 saturated carbocycles. The zero-order chi connectivity index (χ0) is 22.8. The second kappa shape index (κ2) is 9.37. The number of fused-ring (bicyclic) bond motifs is 3. The largest absolute Gasteiger partial charge is 0.462 e. The molecule has 32 heavy (non-hydrogen) atoms. The molecule has 0 saturated heterocycles. The number of rotatable bonds is 7. The molecule has 4 rings (SSSR count). The van der Waals surface area contributed by atoms with E-state index in [9.17, 15) is 9.59 Å². The highest BCUT2D eigenvalue weighted by atomic mass is 35.5. The van der Waals surface area contributed by atoms with E-state index < -0.39 is 5.97 Å². The SMILES string of the molecule is CCOC(=O)c1c2c(C(=O)c3ccc(Cl)cc3)sc(SCCC#N)c2n2ccc(C)cc12. The van der Waals surface area contributed by atoms with Crippen LogP contribution in [0.15, 0.2) is 46.8 Å². The number of aromatic nitrogens is 1. The van der Waals surface area contributed by atoms with Gasteiger partial charge in [-0.25, -0.2) is 4.79 Å². The lowest BCUT2D eigenvalue weighted by Crippen LogP contribution is -2.06. The Balaban J connectivity index is 2.03. The number of carbonyl (C=O) groups is 2. The first-order valence-corrected chi connectivity index (χ1v) is 12.2. The number of halogens is 1. The van der Waals surface area contributed by atoms with Crippen molar-refractivity contribution in [2.24, 2.45) is 0 Å². The lowest BCUT2D eigenvalue weighted by molar-refractivity contribution is 0.0531. The number of ether oxygens (including phenoxy) is 1. The highest BCUT2D eigenvalue weighted by molar-refractivity contribution is 8.01. The van der Waals surface area contributed by atoms with Gasteiger partial charge >= 0.3 is 5.97 Å². The molecule has 0 unspecified atom stereocenters. The van der Waals surface area contributed by atoms with E-state index in [1.807, 2.05) is 29.7 Å². The summed E-state index contributed by atoms with van der Waals surface area (Å²) in [5.41, 5.74) is 3.39. The van der Waals surface area contributed by atoms with Crippen molar-refractivity contribution in [3.8, 4) is 6.07 Å². The fraction of sp³-hybridized carbons (Fsp3) is 0.208. The van der Waals surface area contributed by atoms with Gasteiger partial charge in [-0.05, 0) is 55.8 Å². The van der Waals surface area contributed by atoms with Gasteiger partial charge in [-0.1, -0.05) is 11.6 Å². The van der Waals surface area contributed by atoms with Crippen LogP contribution in [0.4, 0.5) is 0 Å². The van der Waals surface area contributed by atoms with E-state index in [-0.39, 0.29) is 12.4 Å². The van der Waals surface area contributed by atoms with Crippen LogP contribution in [0.2, 0.25) is 5.02 Å². The lowest BCUT2D eigenvalue weighted by atomic mass is 10.1. The molecule has 0 aliphatic heterocycles. The Morgan fingerprint density at radius 3 is 2.69 bits per heavy atom. The van der Waals surface area contributed by atoms with Crippen molar-refractivity contribution < 1.29 is 14.3 Å². The van der Waals surface area contributed by atoms with Gasteiger partial charge in [0.1, 0.15) is 0 Å². The molecule has 0 aliphatic rings. The molecule has 3 aromatic heterocycles. The van der Waals surface area contributed by atoms with Crippen LogP contribution in [0.1, 0.15) is 44.5 Å². The molecule has 3 heterocycles. The number of esters is 1. The van der Waals surface area contributed by atoms with Gasteiger partial charge in [0.2, 0.25) is 5.78 Å². The van der Waals surface area contributed by atoms with Crippen LogP contribution in [0.3, 0.4) is 0 Å². The third kappa shape index (κ3) is 4.02. The first kappa shape index (κ1) is 22.4. The van der Waals surface area contributed by atoms with E-state index in [2.05, 4.69) is 6.07 Å². The smallest absolute Gasteiger partial charge is 0.341 e. The Hall–Kier alpha value is -2.79. The fourth-order valence-corrected chi connectivity index (χ4v) is 6.13. The zero-order valence-electron chi connectivity index (χ0n) is 17.5. The molecule has 0 bridgehead atoms. The Morgan fingerprint density at radius 1 is 1.25 bits per heavy atom. The number of aryl methyl sites for hydroxylation is 1. The van der Waals surface area contributed by atoms with Gasteiger partial charge in [0.05, 0.1) is 38.4 Å². The molecule has 0 N–H and O–H groups in total. The number of hydrogen-bond acceptors (Lipinski definition) is 6. The van der Waals surface area contributed by atoms with Gasteiger partial charge in [0.15, 0.2) is 0 Å². The van der Waals surface area contributed by atoms with Crippen LogP contribution >= 0.6 is 34.7 Å². The van der Waals surface area contributed by atoms with Crippen molar-refractivity contribution in [3.63, 3.8) is 0 Å². The minimum atomic E-state index is -0.456. The van der Waals surface area contributed by atoms with E-state index in [0.717, 1.165) is 15.3 Å². The predicted molar refractivity (Wildman–Crippen MR) is 129 cm³/mol. The highest BCUT2D eigenvalue weighted by Crippen LogP contribution is 2.44. The third-order valence-electron chi connectivity index (χ3n) is 4.95. The summed E-state index contributed by atoms with van der Waals surface area (Å²) >= 11 is 8.87. The second-order valence-corrected chi connectivity index (χ2v) is 9.91. The van der Waals surface area contributed by atoms with Crippen molar-refractivity contribution in [2.45, 2.75) is 24.5 Å². The van der Waals surface area contributed by atoms with Gasteiger partial charge in [-0.3, -0.25) is 4.79 Å². The number of benzene rings is 1. The first-order valence-electron chi connectivity index (χ1n) is 10.0. The summed E-state index contributed by atoms with van der Waals surface area (Å²) in [5, 5.41) is 10.1. The molecule has 0 amide bonds. The number of thiophene rings is 1. The highest BCUT2D eigenvalue weighted by Gasteiger charge is 2.29. The van der Waals surface area contributed by atoms with Crippen molar-refractivity contribution in [2.75, 3.05) is 12.4 Å². The quantitative estimate of drug-likeness (QED) is 0.129. The molecule has 0 atom stereocenters. The molecular formula is C24H19ClN2O3S2. The van der Waals surface area contributed by atoms with Crippen LogP contribution < -0.4 is 0 Å². The minimum Gasteiger partial charge on any atom is -0.462 e. The van der Waals surface area contributed by atoms with E-state index in [1.165, 1.54) is 23.1 Å². The van der Waals surface area contributed by atoms with Crippen LogP contribution in [0.25, 0.3) is 16.4 Å². The number of hydrogen-bond donors (Lipinski definition) is 0. The van der Waals surface area contributed by atoms with Crippen molar-refractivity contribution in [1.82, 2.24) is 4.40 Å². The number of thioether (sulfide) groups is 1. The van der Waals surface area contributed by atoms with Crippen LogP contribution in [-0.2, 0) is 4.74 Å². The van der Waals surface area contributed by atoms with E-state index in [0.29, 0.717) is 44.1 Å². The van der Waals surface area contributed by atoms with Gasteiger partial charge < -0.3 is 9.14 Å². The summed E-state index contributed by atoms with van der Waals surface area (Å²) in [7, 11) is 0. The Bertz CT molecular complexity index is 1380. The lowest BCUT2D eigenvalue weighted by Gasteiger charge is -2.05. The monoisotopic (exact) mass is 482 g/mol. The second-order valence-electron chi connectivity index (χ2n) is 7.09. The number of nitrogens with zero attached hydrogens (tertiary/aromatic N) is 2. The van der Waals surface area contributed by atoms with Crippen LogP contribution in [0.5, 0.6) is 0 Å². The summed E-state index contributed by atoms with van der Waals surface area (Å²) in [5.74, 6) is -0.0433. The molecule has 5 nitrogen and oxygen atoms in total. The minimum absolute atomic E-state index is 0.179. The Kier molecular flexibility index (Phi) is 6.56. The topological polar surface area (TPSA) is 71.6 Å². The summed E-state index contributed by atoms with van der Waals surface area (Å²) in [4.78, 5) is 27.1. The van der Waals surface area contributed by atoms with Gasteiger partial charge in [-0.15, -0.1) is 23.1 Å². The zero-order valence-corrected chi connectivity index (χ0v) is 19.9. The summed E-state index contributed by atoms with van der Waals surface area (Å²) in [6.07, 6.45) is 2.30. The Labute approximate surface area is 198 Å². The molecule has 0 aliphatic carbocycles. The van der Waals surface area contributed by atoms with Gasteiger partial charge in [0.25, 0.3) is 0 Å². The molecule has 1 aromatic carbocycles. The standard InChI is InChI=1S/C24H19ClN2O3S2/c1-3-30-23(29)18-17-13-14(2)9-11-27(17)20-19(18)22(32-24(20)31-12-4-10-26)21(28)15-5-7-16(25)8-6-15/h5-9,11,13H,3-4,12H2,1-2H3. The van der Waals surface area contributed by atoms with Crippen molar-refractivity contribution in [1.29, 1.82) is 5.26 Å². The average molecular weight is 483 g/mol. The van der Waals surface area contributed by atoms with Crippen molar-refractivity contribution in [3.05, 3.63) is 69.2 Å².